The standard InChI is InChI=1S/C29H27ClF4N2O/c1-28(2,3)21-8-7-20(25(31)15-21)17-36(12-10-18-5-4-6-22(13-18)29(32,33)34)27(37)24-16-23(30)14-19-9-11-35-26(19)24/h4-9,11,13-16,35H,10,12,17H2,1-3H3. The minimum absolute atomic E-state index is 0.0528. The molecule has 0 spiro atoms. The smallest absolute Gasteiger partial charge is 0.361 e. The number of H-pyrrole nitrogens is 1. The lowest BCUT2D eigenvalue weighted by Gasteiger charge is -2.25. The molecular weight excluding hydrogens is 504 g/mol. The van der Waals surface area contributed by atoms with Crippen LogP contribution in [-0.4, -0.2) is 22.3 Å². The van der Waals surface area contributed by atoms with Gasteiger partial charge in [0, 0.05) is 35.3 Å². The molecule has 0 radical (unpaired) electrons. The van der Waals surface area contributed by atoms with E-state index in [1.165, 1.54) is 17.0 Å². The van der Waals surface area contributed by atoms with Crippen LogP contribution in [0.25, 0.3) is 10.9 Å². The second kappa shape index (κ2) is 10.2. The number of aromatic nitrogens is 1. The molecule has 3 aromatic carbocycles. The molecule has 8 heteroatoms. The monoisotopic (exact) mass is 530 g/mol. The lowest BCUT2D eigenvalue weighted by Crippen LogP contribution is -2.33. The second-order valence-electron chi connectivity index (χ2n) is 10.1. The number of rotatable bonds is 6. The Bertz CT molecular complexity index is 1440. The van der Waals surface area contributed by atoms with Gasteiger partial charge in [0.1, 0.15) is 5.82 Å². The van der Waals surface area contributed by atoms with Crippen molar-refractivity contribution in [1.29, 1.82) is 0 Å². The van der Waals surface area contributed by atoms with Crippen molar-refractivity contribution < 1.29 is 22.4 Å². The van der Waals surface area contributed by atoms with Crippen LogP contribution in [0.3, 0.4) is 0 Å². The zero-order valence-electron chi connectivity index (χ0n) is 20.7. The van der Waals surface area contributed by atoms with Crippen LogP contribution in [-0.2, 0) is 24.6 Å². The molecule has 0 aliphatic carbocycles. The number of hydrogen-bond donors (Lipinski definition) is 1. The maximum atomic E-state index is 15.1. The summed E-state index contributed by atoms with van der Waals surface area (Å²) in [5, 5.41) is 1.11. The maximum absolute atomic E-state index is 15.1. The number of nitrogens with one attached hydrogen (secondary N) is 1. The fourth-order valence-electron chi connectivity index (χ4n) is 4.24. The van der Waals surface area contributed by atoms with Gasteiger partial charge >= 0.3 is 6.18 Å². The summed E-state index contributed by atoms with van der Waals surface area (Å²) in [6, 6.07) is 15.0. The summed E-state index contributed by atoms with van der Waals surface area (Å²) in [4.78, 5) is 18.2. The molecule has 1 heterocycles. The zero-order chi connectivity index (χ0) is 27.0. The van der Waals surface area contributed by atoms with Crippen molar-refractivity contribution in [1.82, 2.24) is 9.88 Å². The molecule has 0 aliphatic heterocycles. The quantitative estimate of drug-likeness (QED) is 0.251. The van der Waals surface area contributed by atoms with E-state index in [0.717, 1.165) is 23.1 Å². The molecule has 0 bridgehead atoms. The molecular formula is C29H27ClF4N2O. The summed E-state index contributed by atoms with van der Waals surface area (Å²) >= 11 is 6.26. The van der Waals surface area contributed by atoms with Gasteiger partial charge in [0.2, 0.25) is 0 Å². The van der Waals surface area contributed by atoms with Crippen molar-refractivity contribution in [2.75, 3.05) is 6.54 Å². The van der Waals surface area contributed by atoms with Gasteiger partial charge in [-0.3, -0.25) is 4.79 Å². The van der Waals surface area contributed by atoms with Crippen LogP contribution in [0.4, 0.5) is 17.6 Å². The van der Waals surface area contributed by atoms with E-state index < -0.39 is 23.5 Å². The van der Waals surface area contributed by atoms with Crippen LogP contribution in [0.1, 0.15) is 53.4 Å². The predicted octanol–water partition coefficient (Wildman–Crippen LogP) is 8.16. The highest BCUT2D eigenvalue weighted by Gasteiger charge is 2.30. The van der Waals surface area contributed by atoms with Gasteiger partial charge in [-0.2, -0.15) is 13.2 Å². The van der Waals surface area contributed by atoms with Crippen LogP contribution in [0.2, 0.25) is 5.02 Å². The second-order valence-corrected chi connectivity index (χ2v) is 10.6. The summed E-state index contributed by atoms with van der Waals surface area (Å²) in [6.07, 6.45) is -2.62. The third-order valence-electron chi connectivity index (χ3n) is 6.35. The average molecular weight is 531 g/mol. The number of alkyl halides is 3. The molecule has 4 rings (SSSR count). The summed E-state index contributed by atoms with van der Waals surface area (Å²) in [7, 11) is 0. The minimum atomic E-state index is -4.47. The number of carbonyl (C=O) groups excluding carboxylic acids is 1. The molecule has 0 aliphatic rings. The maximum Gasteiger partial charge on any atom is 0.416 e. The number of nitrogens with zero attached hydrogens (tertiary/aromatic N) is 1. The Labute approximate surface area is 218 Å². The highest BCUT2D eigenvalue weighted by molar-refractivity contribution is 6.32. The highest BCUT2D eigenvalue weighted by Crippen LogP contribution is 2.30. The molecule has 1 aromatic heterocycles. The summed E-state index contributed by atoms with van der Waals surface area (Å²) in [5.74, 6) is -0.846. The van der Waals surface area contributed by atoms with E-state index in [2.05, 4.69) is 4.98 Å². The van der Waals surface area contributed by atoms with Gasteiger partial charge in [0.25, 0.3) is 5.91 Å². The SMILES string of the molecule is CC(C)(C)c1ccc(CN(CCc2cccc(C(F)(F)F)c2)C(=O)c2cc(Cl)cc3cc[nH]c23)c(F)c1. The van der Waals surface area contributed by atoms with E-state index in [4.69, 9.17) is 11.6 Å². The molecule has 1 amide bonds. The number of fused-ring (bicyclic) bond motifs is 1. The third kappa shape index (κ3) is 6.16. The van der Waals surface area contributed by atoms with Gasteiger partial charge in [-0.15, -0.1) is 0 Å². The first-order chi connectivity index (χ1) is 17.3. The van der Waals surface area contributed by atoms with E-state index in [1.54, 1.807) is 36.5 Å². The molecule has 0 unspecified atom stereocenters. The Morgan fingerprint density at radius 2 is 1.73 bits per heavy atom. The largest absolute Gasteiger partial charge is 0.416 e. The van der Waals surface area contributed by atoms with Crippen LogP contribution in [0.5, 0.6) is 0 Å². The van der Waals surface area contributed by atoms with Crippen LogP contribution >= 0.6 is 11.6 Å². The van der Waals surface area contributed by atoms with Crippen LogP contribution < -0.4 is 0 Å². The van der Waals surface area contributed by atoms with Gasteiger partial charge in [0.05, 0.1) is 16.6 Å². The van der Waals surface area contributed by atoms with Crippen molar-refractivity contribution >= 4 is 28.4 Å². The number of hydrogen-bond acceptors (Lipinski definition) is 1. The number of halogens is 5. The summed E-state index contributed by atoms with van der Waals surface area (Å²) in [6.45, 7) is 5.96. The van der Waals surface area contributed by atoms with Gasteiger partial charge in [-0.25, -0.2) is 4.39 Å². The van der Waals surface area contributed by atoms with Crippen molar-refractivity contribution in [2.24, 2.45) is 0 Å². The Morgan fingerprint density at radius 3 is 2.41 bits per heavy atom. The van der Waals surface area contributed by atoms with Gasteiger partial charge in [-0.05, 0) is 53.3 Å². The fourth-order valence-corrected chi connectivity index (χ4v) is 4.47. The summed E-state index contributed by atoms with van der Waals surface area (Å²) < 4.78 is 54.7. The number of amides is 1. The fraction of sp³-hybridized carbons (Fsp3) is 0.276. The first-order valence-electron chi connectivity index (χ1n) is 11.8. The van der Waals surface area contributed by atoms with Crippen LogP contribution in [0, 0.1) is 5.82 Å². The van der Waals surface area contributed by atoms with Gasteiger partial charge in [-0.1, -0.05) is 62.7 Å². The van der Waals surface area contributed by atoms with Crippen molar-refractivity contribution in [3.05, 3.63) is 106 Å². The van der Waals surface area contributed by atoms with E-state index in [-0.39, 0.29) is 24.9 Å². The molecule has 0 atom stereocenters. The number of benzene rings is 3. The Kier molecular flexibility index (Phi) is 7.38. The van der Waals surface area contributed by atoms with E-state index in [0.29, 0.717) is 27.2 Å². The van der Waals surface area contributed by atoms with Gasteiger partial charge in [0.15, 0.2) is 0 Å². The van der Waals surface area contributed by atoms with E-state index in [1.807, 2.05) is 26.8 Å². The van der Waals surface area contributed by atoms with Gasteiger partial charge < -0.3 is 9.88 Å². The van der Waals surface area contributed by atoms with Crippen molar-refractivity contribution in [3.8, 4) is 0 Å². The lowest BCUT2D eigenvalue weighted by molar-refractivity contribution is -0.137. The number of carbonyl (C=O) groups is 1. The molecule has 4 aromatic rings. The first-order valence-corrected chi connectivity index (χ1v) is 12.2. The van der Waals surface area contributed by atoms with Crippen molar-refractivity contribution in [2.45, 2.75) is 45.3 Å². The molecule has 194 valence electrons. The third-order valence-corrected chi connectivity index (χ3v) is 6.57. The first kappa shape index (κ1) is 26.7. The molecule has 0 saturated carbocycles. The Morgan fingerprint density at radius 1 is 0.973 bits per heavy atom. The lowest BCUT2D eigenvalue weighted by atomic mass is 9.86. The molecule has 0 fully saturated rings. The predicted molar refractivity (Wildman–Crippen MR) is 138 cm³/mol. The Balaban J connectivity index is 1.68. The van der Waals surface area contributed by atoms with Crippen molar-refractivity contribution in [3.63, 3.8) is 0 Å². The summed E-state index contributed by atoms with van der Waals surface area (Å²) in [5.41, 5.74) is 1.44. The molecule has 37 heavy (non-hydrogen) atoms. The van der Waals surface area contributed by atoms with E-state index >= 15 is 4.39 Å². The molecule has 1 N–H and O–H groups in total. The minimum Gasteiger partial charge on any atom is -0.361 e. The molecule has 0 saturated heterocycles. The Hall–Kier alpha value is -3.32. The number of aromatic amines is 1. The van der Waals surface area contributed by atoms with E-state index in [9.17, 15) is 18.0 Å². The topological polar surface area (TPSA) is 36.1 Å². The zero-order valence-corrected chi connectivity index (χ0v) is 21.5. The highest BCUT2D eigenvalue weighted by atomic mass is 35.5. The van der Waals surface area contributed by atoms with Crippen LogP contribution in [0.15, 0.2) is 66.9 Å². The molecule has 3 nitrogen and oxygen atoms in total. The normalized spacial score (nSPS) is 12.2. The average Bonchev–Trinajstić information content (AvgIpc) is 3.29.